The Bertz CT molecular complexity index is 392. The summed E-state index contributed by atoms with van der Waals surface area (Å²) < 4.78 is 40.6. The molecule has 1 aromatic carbocycles. The minimum absolute atomic E-state index is 0.0592. The largest absolute Gasteiger partial charge is 0.416 e. The first-order valence-electron chi connectivity index (χ1n) is 4.58. The van der Waals surface area contributed by atoms with E-state index in [0.717, 1.165) is 12.1 Å². The van der Waals surface area contributed by atoms with Gasteiger partial charge in [-0.1, -0.05) is 12.1 Å². The Balaban J connectivity index is 2.72. The highest BCUT2D eigenvalue weighted by Crippen LogP contribution is 2.29. The third-order valence-corrected chi connectivity index (χ3v) is 2.27. The molecular formula is C10H9ClF3NO2. The lowest BCUT2D eigenvalue weighted by Gasteiger charge is -2.10. The zero-order valence-corrected chi connectivity index (χ0v) is 9.26. The van der Waals surface area contributed by atoms with E-state index in [2.05, 4.69) is 4.29 Å². The fraction of sp³-hybridized carbons (Fsp3) is 0.300. The zero-order valence-electron chi connectivity index (χ0n) is 8.50. The van der Waals surface area contributed by atoms with Gasteiger partial charge in [-0.05, 0) is 24.1 Å². The number of nitrogens with two attached hydrogens (primary N) is 1. The SMILES string of the molecule is N[C@@H](Cc1ccc(C(F)(F)F)cc1)C(=O)OCl. The average molecular weight is 268 g/mol. The van der Waals surface area contributed by atoms with Gasteiger partial charge in [-0.15, -0.1) is 0 Å². The molecule has 94 valence electrons. The summed E-state index contributed by atoms with van der Waals surface area (Å²) in [4.78, 5) is 10.9. The molecule has 0 bridgehead atoms. The maximum absolute atomic E-state index is 12.2. The van der Waals surface area contributed by atoms with Crippen molar-refractivity contribution >= 4 is 17.8 Å². The molecule has 0 spiro atoms. The van der Waals surface area contributed by atoms with Gasteiger partial charge in [-0.25, -0.2) is 4.79 Å². The molecular weight excluding hydrogens is 259 g/mol. The van der Waals surface area contributed by atoms with Crippen LogP contribution in [0.4, 0.5) is 13.2 Å². The van der Waals surface area contributed by atoms with Gasteiger partial charge < -0.3 is 10.0 Å². The first-order valence-corrected chi connectivity index (χ1v) is 4.89. The van der Waals surface area contributed by atoms with Crippen molar-refractivity contribution in [1.82, 2.24) is 0 Å². The standard InChI is InChI=1S/C10H9ClF3NO2/c11-17-9(16)8(15)5-6-1-3-7(4-2-6)10(12,13)14/h1-4,8H,5,15H2/t8-/m0/s1. The van der Waals surface area contributed by atoms with Crippen molar-refractivity contribution in [2.45, 2.75) is 18.6 Å². The minimum atomic E-state index is -4.38. The molecule has 0 unspecified atom stereocenters. The second-order valence-corrected chi connectivity index (χ2v) is 3.56. The van der Waals surface area contributed by atoms with Crippen molar-refractivity contribution in [2.24, 2.45) is 5.73 Å². The summed E-state index contributed by atoms with van der Waals surface area (Å²) in [5.41, 5.74) is 5.14. The van der Waals surface area contributed by atoms with Crippen LogP contribution >= 0.6 is 11.9 Å². The summed E-state index contributed by atoms with van der Waals surface area (Å²) in [5.74, 6) is -0.827. The van der Waals surface area contributed by atoms with Crippen LogP contribution in [0.1, 0.15) is 11.1 Å². The van der Waals surface area contributed by atoms with Gasteiger partial charge in [0.25, 0.3) is 0 Å². The lowest BCUT2D eigenvalue weighted by molar-refractivity contribution is -0.138. The second-order valence-electron chi connectivity index (χ2n) is 3.40. The summed E-state index contributed by atoms with van der Waals surface area (Å²) in [7, 11) is 0. The van der Waals surface area contributed by atoms with Crippen molar-refractivity contribution in [2.75, 3.05) is 0 Å². The summed E-state index contributed by atoms with van der Waals surface area (Å²) in [6.07, 6.45) is -4.32. The Morgan fingerprint density at radius 2 is 1.88 bits per heavy atom. The fourth-order valence-electron chi connectivity index (χ4n) is 1.22. The Morgan fingerprint density at radius 3 is 2.29 bits per heavy atom. The highest BCUT2D eigenvalue weighted by atomic mass is 35.5. The van der Waals surface area contributed by atoms with Crippen LogP contribution < -0.4 is 5.73 Å². The Kier molecular flexibility index (Phi) is 4.36. The van der Waals surface area contributed by atoms with E-state index in [1.54, 1.807) is 0 Å². The first-order chi connectivity index (χ1) is 7.84. The number of hydrogen-bond acceptors (Lipinski definition) is 3. The Morgan fingerprint density at radius 1 is 1.35 bits per heavy atom. The molecule has 0 radical (unpaired) electrons. The number of benzene rings is 1. The molecule has 0 fully saturated rings. The molecule has 2 N–H and O–H groups in total. The topological polar surface area (TPSA) is 52.3 Å². The molecule has 7 heteroatoms. The summed E-state index contributed by atoms with van der Waals surface area (Å²) >= 11 is 4.82. The second kappa shape index (κ2) is 5.37. The van der Waals surface area contributed by atoms with Crippen LogP contribution in [-0.2, 0) is 21.7 Å². The third-order valence-electron chi connectivity index (χ3n) is 2.12. The number of carbonyl (C=O) groups excluding carboxylic acids is 1. The van der Waals surface area contributed by atoms with Crippen LogP contribution in [0, 0.1) is 0 Å². The highest BCUT2D eigenvalue weighted by molar-refractivity contribution is 6.13. The van der Waals surface area contributed by atoms with Crippen molar-refractivity contribution in [3.8, 4) is 0 Å². The van der Waals surface area contributed by atoms with Crippen LogP contribution in [0.15, 0.2) is 24.3 Å². The number of halogens is 4. The van der Waals surface area contributed by atoms with Crippen molar-refractivity contribution < 1.29 is 22.3 Å². The lowest BCUT2D eigenvalue weighted by atomic mass is 10.0. The van der Waals surface area contributed by atoms with Gasteiger partial charge in [0.2, 0.25) is 0 Å². The monoisotopic (exact) mass is 267 g/mol. The van der Waals surface area contributed by atoms with E-state index >= 15 is 0 Å². The number of carbonyl (C=O) groups is 1. The van der Waals surface area contributed by atoms with Crippen LogP contribution in [0.3, 0.4) is 0 Å². The van der Waals surface area contributed by atoms with E-state index in [0.29, 0.717) is 5.56 Å². The average Bonchev–Trinajstić information content (AvgIpc) is 2.27. The molecule has 1 atom stereocenters. The highest BCUT2D eigenvalue weighted by Gasteiger charge is 2.30. The molecule has 0 aliphatic rings. The van der Waals surface area contributed by atoms with Gasteiger partial charge in [-0.2, -0.15) is 13.2 Å². The molecule has 0 saturated heterocycles. The molecule has 1 rings (SSSR count). The third kappa shape index (κ3) is 3.90. The van der Waals surface area contributed by atoms with E-state index in [9.17, 15) is 18.0 Å². The molecule has 0 aliphatic carbocycles. The lowest BCUT2D eigenvalue weighted by Crippen LogP contribution is -2.32. The smallest absolute Gasteiger partial charge is 0.346 e. The van der Waals surface area contributed by atoms with Crippen molar-refractivity contribution in [3.05, 3.63) is 35.4 Å². The minimum Gasteiger partial charge on any atom is -0.346 e. The van der Waals surface area contributed by atoms with E-state index in [4.69, 9.17) is 17.6 Å². The molecule has 0 aromatic heterocycles. The van der Waals surface area contributed by atoms with Gasteiger partial charge in [0.1, 0.15) is 17.9 Å². The molecule has 0 heterocycles. The van der Waals surface area contributed by atoms with E-state index in [1.165, 1.54) is 12.1 Å². The molecule has 0 aliphatic heterocycles. The molecule has 0 saturated carbocycles. The Hall–Kier alpha value is -1.27. The Labute approximate surface area is 100 Å². The summed E-state index contributed by atoms with van der Waals surface area (Å²) in [6.45, 7) is 0. The number of rotatable bonds is 3. The van der Waals surface area contributed by atoms with Crippen molar-refractivity contribution in [3.63, 3.8) is 0 Å². The maximum Gasteiger partial charge on any atom is 0.416 e. The first kappa shape index (κ1) is 13.8. The van der Waals surface area contributed by atoms with Crippen LogP contribution in [0.2, 0.25) is 0 Å². The molecule has 0 amide bonds. The van der Waals surface area contributed by atoms with Gasteiger partial charge in [0.15, 0.2) is 0 Å². The molecule has 1 aromatic rings. The van der Waals surface area contributed by atoms with E-state index in [-0.39, 0.29) is 6.42 Å². The fourth-order valence-corrected chi connectivity index (χ4v) is 1.34. The van der Waals surface area contributed by atoms with Gasteiger partial charge >= 0.3 is 12.1 Å². The molecule has 17 heavy (non-hydrogen) atoms. The quantitative estimate of drug-likeness (QED) is 0.914. The number of hydrogen-bond donors (Lipinski definition) is 1. The van der Waals surface area contributed by atoms with E-state index < -0.39 is 23.8 Å². The predicted octanol–water partition coefficient (Wildman–Crippen LogP) is 2.27. The maximum atomic E-state index is 12.2. The zero-order chi connectivity index (χ0) is 13.1. The van der Waals surface area contributed by atoms with Crippen LogP contribution in [0.5, 0.6) is 0 Å². The summed E-state index contributed by atoms with van der Waals surface area (Å²) in [5, 5.41) is 0. The number of alkyl halides is 3. The molecule has 3 nitrogen and oxygen atoms in total. The van der Waals surface area contributed by atoms with Gasteiger partial charge in [0.05, 0.1) is 5.56 Å². The normalized spacial score (nSPS) is 13.2. The summed E-state index contributed by atoms with van der Waals surface area (Å²) in [6, 6.07) is 3.36. The van der Waals surface area contributed by atoms with Crippen molar-refractivity contribution in [1.29, 1.82) is 0 Å². The van der Waals surface area contributed by atoms with E-state index in [1.807, 2.05) is 0 Å². The van der Waals surface area contributed by atoms with Crippen LogP contribution in [0.25, 0.3) is 0 Å². The predicted molar refractivity (Wildman–Crippen MR) is 55.1 cm³/mol. The van der Waals surface area contributed by atoms with Gasteiger partial charge in [0, 0.05) is 0 Å². The van der Waals surface area contributed by atoms with Gasteiger partial charge in [-0.3, -0.25) is 0 Å². The van der Waals surface area contributed by atoms with Crippen LogP contribution in [-0.4, -0.2) is 12.0 Å².